The molecule has 1 saturated heterocycles. The van der Waals surface area contributed by atoms with E-state index >= 15 is 0 Å². The van der Waals surface area contributed by atoms with E-state index in [1.54, 1.807) is 18.2 Å². The largest absolute Gasteiger partial charge is 0.416 e. The number of piperidine rings is 1. The van der Waals surface area contributed by atoms with Crippen LogP contribution in [0.4, 0.5) is 13.2 Å². The van der Waals surface area contributed by atoms with Crippen LogP contribution in [0.25, 0.3) is 0 Å². The Bertz CT molecular complexity index is 1080. The average molecular weight is 463 g/mol. The van der Waals surface area contributed by atoms with Gasteiger partial charge in [0.1, 0.15) is 0 Å². The molecule has 2 aromatic rings. The minimum atomic E-state index is -4.55. The summed E-state index contributed by atoms with van der Waals surface area (Å²) in [6, 6.07) is 11.7. The first-order valence-electron chi connectivity index (χ1n) is 9.19. The Morgan fingerprint density at radius 3 is 2.17 bits per heavy atom. The fraction of sp³-hybridized carbons (Fsp3) is 0.368. The number of alkyl halides is 3. The van der Waals surface area contributed by atoms with Crippen molar-refractivity contribution in [2.24, 2.45) is 0 Å². The molecule has 0 radical (unpaired) electrons. The summed E-state index contributed by atoms with van der Waals surface area (Å²) in [5.74, 6) is -0.544. The average Bonchev–Trinajstić information content (AvgIpc) is 2.68. The van der Waals surface area contributed by atoms with Crippen LogP contribution in [0.5, 0.6) is 0 Å². The van der Waals surface area contributed by atoms with Gasteiger partial charge < -0.3 is 0 Å². The van der Waals surface area contributed by atoms with Gasteiger partial charge in [0.15, 0.2) is 0 Å². The fourth-order valence-corrected chi connectivity index (χ4v) is 6.15. The maximum absolute atomic E-state index is 12.8. The van der Waals surface area contributed by atoms with Gasteiger partial charge in [-0.1, -0.05) is 36.4 Å². The number of benzene rings is 2. The molecule has 1 aliphatic rings. The fourth-order valence-electron chi connectivity index (χ4n) is 3.28. The van der Waals surface area contributed by atoms with Gasteiger partial charge in [0.25, 0.3) is 0 Å². The molecule has 1 heterocycles. The van der Waals surface area contributed by atoms with Gasteiger partial charge >= 0.3 is 6.18 Å². The number of rotatable bonds is 6. The summed E-state index contributed by atoms with van der Waals surface area (Å²) < 4.78 is 92.4. The van der Waals surface area contributed by atoms with Gasteiger partial charge in [-0.05, 0) is 36.6 Å². The maximum Gasteiger partial charge on any atom is 0.416 e. The SMILES string of the molecule is O=S(=O)(NC1CCN(S(=O)(=O)Cc2cccc(C(F)(F)F)c2)CC1)c1ccccc1. The maximum atomic E-state index is 12.8. The standard InChI is InChI=1S/C19H21F3N2O4S2/c20-19(21,22)16-6-4-5-15(13-16)14-29(25,26)24-11-9-17(10-12-24)23-30(27,28)18-7-2-1-3-8-18/h1-8,13,17,23H,9-12,14H2. The van der Waals surface area contributed by atoms with Gasteiger partial charge in [-0.2, -0.15) is 13.2 Å². The Balaban J connectivity index is 1.62. The molecule has 11 heteroatoms. The van der Waals surface area contributed by atoms with Crippen LogP contribution in [-0.4, -0.2) is 40.3 Å². The molecule has 0 unspecified atom stereocenters. The predicted molar refractivity (Wildman–Crippen MR) is 105 cm³/mol. The first kappa shape index (κ1) is 22.7. The third-order valence-electron chi connectivity index (χ3n) is 4.83. The van der Waals surface area contributed by atoms with E-state index in [0.29, 0.717) is 0 Å². The number of nitrogens with one attached hydrogen (secondary N) is 1. The highest BCUT2D eigenvalue weighted by Gasteiger charge is 2.33. The molecule has 0 aliphatic carbocycles. The topological polar surface area (TPSA) is 83.6 Å². The first-order chi connectivity index (χ1) is 14.0. The summed E-state index contributed by atoms with van der Waals surface area (Å²) in [5, 5.41) is 0. The van der Waals surface area contributed by atoms with E-state index in [4.69, 9.17) is 0 Å². The zero-order valence-corrected chi connectivity index (χ0v) is 17.5. The third-order valence-corrected chi connectivity index (χ3v) is 8.21. The molecule has 30 heavy (non-hydrogen) atoms. The molecule has 0 saturated carbocycles. The van der Waals surface area contributed by atoms with E-state index in [-0.39, 0.29) is 36.4 Å². The van der Waals surface area contributed by atoms with Gasteiger partial charge in [-0.25, -0.2) is 25.9 Å². The zero-order chi connectivity index (χ0) is 22.0. The van der Waals surface area contributed by atoms with Crippen molar-refractivity contribution in [2.75, 3.05) is 13.1 Å². The first-order valence-corrected chi connectivity index (χ1v) is 12.3. The van der Waals surface area contributed by atoms with Gasteiger partial charge in [0, 0.05) is 19.1 Å². The van der Waals surface area contributed by atoms with E-state index < -0.39 is 43.6 Å². The van der Waals surface area contributed by atoms with Crippen LogP contribution in [0.3, 0.4) is 0 Å². The van der Waals surface area contributed by atoms with Crippen molar-refractivity contribution in [2.45, 2.75) is 35.7 Å². The van der Waals surface area contributed by atoms with E-state index in [0.717, 1.165) is 12.1 Å². The molecule has 1 aliphatic heterocycles. The van der Waals surface area contributed by atoms with Crippen LogP contribution >= 0.6 is 0 Å². The van der Waals surface area contributed by atoms with Gasteiger partial charge in [-0.3, -0.25) is 0 Å². The molecule has 164 valence electrons. The Labute approximate surface area is 173 Å². The lowest BCUT2D eigenvalue weighted by Gasteiger charge is -2.31. The molecular formula is C19H21F3N2O4S2. The summed E-state index contributed by atoms with van der Waals surface area (Å²) >= 11 is 0. The van der Waals surface area contributed by atoms with Crippen LogP contribution in [0.2, 0.25) is 0 Å². The highest BCUT2D eigenvalue weighted by molar-refractivity contribution is 7.89. The molecule has 1 N–H and O–H groups in total. The van der Waals surface area contributed by atoms with Crippen molar-refractivity contribution >= 4 is 20.0 Å². The summed E-state index contributed by atoms with van der Waals surface area (Å²) in [6.07, 6.45) is -4.00. The van der Waals surface area contributed by atoms with Crippen molar-refractivity contribution < 1.29 is 30.0 Å². The second-order valence-corrected chi connectivity index (χ2v) is 10.7. The van der Waals surface area contributed by atoms with Crippen LogP contribution in [-0.2, 0) is 32.0 Å². The summed E-state index contributed by atoms with van der Waals surface area (Å²) in [6.45, 7) is 0.173. The molecule has 1 fully saturated rings. The molecule has 0 spiro atoms. The number of hydrogen-bond acceptors (Lipinski definition) is 4. The van der Waals surface area contributed by atoms with Crippen molar-refractivity contribution in [3.05, 3.63) is 65.7 Å². The van der Waals surface area contributed by atoms with E-state index in [9.17, 15) is 30.0 Å². The Morgan fingerprint density at radius 2 is 1.57 bits per heavy atom. The number of halogens is 3. The second-order valence-electron chi connectivity index (χ2n) is 7.06. The van der Waals surface area contributed by atoms with E-state index in [2.05, 4.69) is 4.72 Å². The van der Waals surface area contributed by atoms with E-state index in [1.165, 1.54) is 28.6 Å². The smallest absolute Gasteiger partial charge is 0.212 e. The lowest BCUT2D eigenvalue weighted by Crippen LogP contribution is -2.46. The minimum Gasteiger partial charge on any atom is -0.212 e. The molecular weight excluding hydrogens is 441 g/mol. The molecule has 3 rings (SSSR count). The Morgan fingerprint density at radius 1 is 0.933 bits per heavy atom. The normalized spacial score (nSPS) is 17.2. The number of nitrogens with zero attached hydrogens (tertiary/aromatic N) is 1. The second kappa shape index (κ2) is 8.66. The number of sulfonamides is 2. The van der Waals surface area contributed by atoms with Crippen molar-refractivity contribution in [3.8, 4) is 0 Å². The lowest BCUT2D eigenvalue weighted by atomic mass is 10.1. The molecule has 0 amide bonds. The molecule has 2 aromatic carbocycles. The Hall–Kier alpha value is -1.95. The van der Waals surface area contributed by atoms with Gasteiger partial charge in [0.2, 0.25) is 20.0 Å². The molecule has 0 bridgehead atoms. The molecule has 6 nitrogen and oxygen atoms in total. The van der Waals surface area contributed by atoms with E-state index in [1.807, 2.05) is 0 Å². The molecule has 0 aromatic heterocycles. The third kappa shape index (κ3) is 5.60. The predicted octanol–water partition coefficient (Wildman–Crippen LogP) is 2.98. The monoisotopic (exact) mass is 462 g/mol. The summed E-state index contributed by atoms with van der Waals surface area (Å²) in [4.78, 5) is 0.129. The molecule has 0 atom stereocenters. The Kier molecular flexibility index (Phi) is 6.56. The minimum absolute atomic E-state index is 0.0525. The highest BCUT2D eigenvalue weighted by Crippen LogP contribution is 2.30. The highest BCUT2D eigenvalue weighted by atomic mass is 32.2. The van der Waals surface area contributed by atoms with Crippen LogP contribution < -0.4 is 4.72 Å². The van der Waals surface area contributed by atoms with Gasteiger partial charge in [-0.15, -0.1) is 0 Å². The van der Waals surface area contributed by atoms with Gasteiger partial charge in [0.05, 0.1) is 16.2 Å². The summed E-state index contributed by atoms with van der Waals surface area (Å²) in [5.41, 5.74) is -0.846. The van der Waals surface area contributed by atoms with Crippen molar-refractivity contribution in [1.29, 1.82) is 0 Å². The number of hydrogen-bond donors (Lipinski definition) is 1. The van der Waals surface area contributed by atoms with Crippen molar-refractivity contribution in [3.63, 3.8) is 0 Å². The lowest BCUT2D eigenvalue weighted by molar-refractivity contribution is -0.137. The van der Waals surface area contributed by atoms with Crippen molar-refractivity contribution in [1.82, 2.24) is 9.03 Å². The quantitative estimate of drug-likeness (QED) is 0.716. The van der Waals surface area contributed by atoms with Crippen LogP contribution in [0.15, 0.2) is 59.5 Å². The van der Waals surface area contributed by atoms with Crippen LogP contribution in [0, 0.1) is 0 Å². The zero-order valence-electron chi connectivity index (χ0n) is 15.8. The summed E-state index contributed by atoms with van der Waals surface area (Å²) in [7, 11) is -7.53. The van der Waals surface area contributed by atoms with Crippen LogP contribution in [0.1, 0.15) is 24.0 Å².